The Morgan fingerprint density at radius 2 is 1.04 bits per heavy atom. The molecule has 152 valence electrons. The second-order valence-electron chi connectivity index (χ2n) is 5.20. The van der Waals surface area contributed by atoms with Crippen LogP contribution >= 0.6 is 0 Å². The Morgan fingerprint density at radius 1 is 0.840 bits per heavy atom. The van der Waals surface area contributed by atoms with Crippen LogP contribution in [0.1, 0.15) is 94.6 Å². The monoisotopic (exact) mass is 352 g/mol. The summed E-state index contributed by atoms with van der Waals surface area (Å²) in [6.45, 7) is 31.6. The van der Waals surface area contributed by atoms with Crippen LogP contribution in [0.5, 0.6) is 0 Å². The predicted octanol–water partition coefficient (Wildman–Crippen LogP) is 9.90. The number of rotatable bonds is 1. The maximum Gasteiger partial charge on any atom is -0.0382 e. The summed E-state index contributed by atoms with van der Waals surface area (Å²) in [6, 6.07) is 10.3. The van der Waals surface area contributed by atoms with Gasteiger partial charge in [0.05, 0.1) is 0 Å². The molecule has 0 radical (unpaired) electrons. The maximum atomic E-state index is 3.48. The molecule has 1 rings (SSSR count). The highest BCUT2D eigenvalue weighted by molar-refractivity contribution is 5.11. The van der Waals surface area contributed by atoms with Gasteiger partial charge < -0.3 is 0 Å². The topological polar surface area (TPSA) is 0 Å². The van der Waals surface area contributed by atoms with Crippen LogP contribution in [0.3, 0.4) is 0 Å². The van der Waals surface area contributed by atoms with Crippen molar-refractivity contribution < 1.29 is 0 Å². The van der Waals surface area contributed by atoms with Gasteiger partial charge in [-0.05, 0) is 26.2 Å². The lowest BCUT2D eigenvalue weighted by Crippen LogP contribution is -1.66. The molecular formula is C25H52. The van der Waals surface area contributed by atoms with Crippen LogP contribution in [0.4, 0.5) is 0 Å². The van der Waals surface area contributed by atoms with Crippen LogP contribution in [0.15, 0.2) is 55.6 Å². The van der Waals surface area contributed by atoms with E-state index in [9.17, 15) is 0 Å². The number of aryl methyl sites for hydroxylation is 1. The Hall–Kier alpha value is -1.30. The zero-order valence-corrected chi connectivity index (χ0v) is 19.9. The molecule has 0 aliphatic rings. The van der Waals surface area contributed by atoms with Gasteiger partial charge in [0, 0.05) is 0 Å². The summed E-state index contributed by atoms with van der Waals surface area (Å²) in [5, 5.41) is 0. The molecule has 0 saturated heterocycles. The number of benzene rings is 1. The molecule has 0 heterocycles. The Kier molecular flexibility index (Phi) is 88.8. The van der Waals surface area contributed by atoms with Gasteiger partial charge in [0.1, 0.15) is 0 Å². The third kappa shape index (κ3) is 164. The van der Waals surface area contributed by atoms with Crippen molar-refractivity contribution in [3.05, 3.63) is 61.2 Å². The van der Waals surface area contributed by atoms with E-state index in [1.165, 1.54) is 12.0 Å². The molecule has 0 saturated carbocycles. The number of hydrogen-bond donors (Lipinski definition) is 0. The molecule has 0 amide bonds. The molecule has 1 aromatic rings. The van der Waals surface area contributed by atoms with E-state index in [0.717, 1.165) is 12.3 Å². The normalized spacial score (nSPS) is 6.60. The predicted molar refractivity (Wildman–Crippen MR) is 127 cm³/mol. The third-order valence-electron chi connectivity index (χ3n) is 1.23. The van der Waals surface area contributed by atoms with Gasteiger partial charge in [0.25, 0.3) is 0 Å². The summed E-state index contributed by atoms with van der Waals surface area (Å²) in [5.41, 5.74) is 1.32. The minimum absolute atomic E-state index is 0.833. The highest BCUT2D eigenvalue weighted by Crippen LogP contribution is 1.92. The lowest BCUT2D eigenvalue weighted by atomic mass is 10.2. The third-order valence-corrected chi connectivity index (χ3v) is 1.23. The fourth-order valence-corrected chi connectivity index (χ4v) is 0.534. The van der Waals surface area contributed by atoms with Gasteiger partial charge in [-0.3, -0.25) is 0 Å². The minimum atomic E-state index is 0.833. The van der Waals surface area contributed by atoms with E-state index in [1.807, 2.05) is 58.9 Å². The highest BCUT2D eigenvalue weighted by Gasteiger charge is 1.72. The summed E-state index contributed by atoms with van der Waals surface area (Å²) < 4.78 is 0. The molecular weight excluding hydrogens is 300 g/mol. The molecule has 0 aliphatic carbocycles. The van der Waals surface area contributed by atoms with Gasteiger partial charge in [-0.15, -0.1) is 13.2 Å². The van der Waals surface area contributed by atoms with Gasteiger partial charge in [0.2, 0.25) is 0 Å². The largest absolute Gasteiger partial charge is 0.103 e. The van der Waals surface area contributed by atoms with Gasteiger partial charge in [-0.25, -0.2) is 0 Å². The first-order valence-electron chi connectivity index (χ1n) is 10.1. The molecule has 1 aromatic carbocycles. The van der Waals surface area contributed by atoms with Crippen molar-refractivity contribution >= 4 is 0 Å². The standard InChI is InChI=1S/C7H8.C4H10.C4H8.C3H8.C3H6.2C2H6/c1-7-5-3-2-4-6-7;1-4(2)3;1-3-4-2;2*1-3-2;2*1-2/h2-6H,1H3;4H,1-3H3;3H,1,4H2,2H3;3H2,1-2H3;3H,1H2,2H3;2*1-2H3. The van der Waals surface area contributed by atoms with Crippen molar-refractivity contribution in [1.29, 1.82) is 0 Å². The molecule has 0 N–H and O–H groups in total. The van der Waals surface area contributed by atoms with Crippen LogP contribution < -0.4 is 0 Å². The van der Waals surface area contributed by atoms with Crippen molar-refractivity contribution in [3.8, 4) is 0 Å². The van der Waals surface area contributed by atoms with Crippen molar-refractivity contribution in [2.24, 2.45) is 5.92 Å². The van der Waals surface area contributed by atoms with E-state index in [2.05, 4.69) is 73.8 Å². The molecule has 0 nitrogen and oxygen atoms in total. The SMILES string of the molecule is C=CC.C=CCC.CC.CC.CC(C)C.CCC.Cc1ccccc1. The molecule has 0 spiro atoms. The lowest BCUT2D eigenvalue weighted by Gasteiger charge is -1.82. The first-order valence-corrected chi connectivity index (χ1v) is 10.1. The Balaban J connectivity index is -0.0000000448. The van der Waals surface area contributed by atoms with E-state index < -0.39 is 0 Å². The number of allylic oxidation sites excluding steroid dienone is 2. The van der Waals surface area contributed by atoms with Crippen molar-refractivity contribution in [3.63, 3.8) is 0 Å². The van der Waals surface area contributed by atoms with E-state index in [0.29, 0.717) is 0 Å². The zero-order chi connectivity index (χ0) is 21.5. The van der Waals surface area contributed by atoms with Crippen LogP contribution in [-0.2, 0) is 0 Å². The first-order chi connectivity index (χ1) is 11.9. The van der Waals surface area contributed by atoms with Crippen LogP contribution in [0, 0.1) is 12.8 Å². The summed E-state index contributed by atoms with van der Waals surface area (Å²) >= 11 is 0. The Bertz CT molecular complexity index is 254. The molecule has 0 aromatic heterocycles. The minimum Gasteiger partial charge on any atom is -0.103 e. The van der Waals surface area contributed by atoms with Gasteiger partial charge in [0.15, 0.2) is 0 Å². The Labute approximate surface area is 163 Å². The number of hydrogen-bond acceptors (Lipinski definition) is 0. The van der Waals surface area contributed by atoms with Crippen LogP contribution in [-0.4, -0.2) is 0 Å². The van der Waals surface area contributed by atoms with Gasteiger partial charge >= 0.3 is 0 Å². The van der Waals surface area contributed by atoms with Gasteiger partial charge in [-0.1, -0.05) is 124 Å². The molecule has 0 heteroatoms. The highest BCUT2D eigenvalue weighted by atomic mass is 13.8. The molecule has 25 heavy (non-hydrogen) atoms. The summed E-state index contributed by atoms with van der Waals surface area (Å²) in [5.74, 6) is 0.833. The zero-order valence-electron chi connectivity index (χ0n) is 19.9. The fourth-order valence-electron chi connectivity index (χ4n) is 0.534. The average Bonchev–Trinajstić information content (AvgIpc) is 2.60. The van der Waals surface area contributed by atoms with E-state index >= 15 is 0 Å². The summed E-state index contributed by atoms with van der Waals surface area (Å²) in [4.78, 5) is 0. The smallest absolute Gasteiger partial charge is 0.0382 e. The summed E-state index contributed by atoms with van der Waals surface area (Å²) in [6.07, 6.45) is 5.96. The van der Waals surface area contributed by atoms with E-state index in [1.54, 1.807) is 6.08 Å². The Morgan fingerprint density at radius 3 is 1.12 bits per heavy atom. The second kappa shape index (κ2) is 57.0. The summed E-state index contributed by atoms with van der Waals surface area (Å²) in [7, 11) is 0. The lowest BCUT2D eigenvalue weighted by molar-refractivity contribution is 0.737. The average molecular weight is 353 g/mol. The molecule has 0 fully saturated rings. The van der Waals surface area contributed by atoms with Crippen molar-refractivity contribution in [1.82, 2.24) is 0 Å². The van der Waals surface area contributed by atoms with E-state index in [4.69, 9.17) is 0 Å². The van der Waals surface area contributed by atoms with Crippen molar-refractivity contribution in [2.45, 2.75) is 95.9 Å². The van der Waals surface area contributed by atoms with Gasteiger partial charge in [-0.2, -0.15) is 0 Å². The first kappa shape index (κ1) is 39.0. The maximum absolute atomic E-state index is 3.48. The molecule has 0 unspecified atom stereocenters. The van der Waals surface area contributed by atoms with E-state index in [-0.39, 0.29) is 0 Å². The quantitative estimate of drug-likeness (QED) is 0.441. The molecule has 0 atom stereocenters. The molecule has 0 bridgehead atoms. The molecule has 0 aliphatic heterocycles. The van der Waals surface area contributed by atoms with Crippen LogP contribution in [0.25, 0.3) is 0 Å². The second-order valence-corrected chi connectivity index (χ2v) is 5.20. The van der Waals surface area contributed by atoms with Crippen molar-refractivity contribution in [2.75, 3.05) is 0 Å². The van der Waals surface area contributed by atoms with Crippen LogP contribution in [0.2, 0.25) is 0 Å². The fraction of sp³-hybridized carbons (Fsp3) is 0.600.